The lowest BCUT2D eigenvalue weighted by Gasteiger charge is -2.28. The van der Waals surface area contributed by atoms with Crippen LogP contribution in [0, 0.1) is 11.7 Å². The second-order valence-corrected chi connectivity index (χ2v) is 6.39. The molecule has 0 saturated carbocycles. The summed E-state index contributed by atoms with van der Waals surface area (Å²) in [6, 6.07) is 7.75. The van der Waals surface area contributed by atoms with Crippen LogP contribution in [-0.4, -0.2) is 37.6 Å². The summed E-state index contributed by atoms with van der Waals surface area (Å²) in [5, 5.41) is 3.60. The molecule has 1 aromatic rings. The molecule has 0 radical (unpaired) electrons. The molecule has 2 nitrogen and oxygen atoms in total. The van der Waals surface area contributed by atoms with Crippen LogP contribution in [0.1, 0.15) is 32.8 Å². The fraction of sp³-hybridized carbons (Fsp3) is 0.647. The largest absolute Gasteiger partial charge is 0.312 e. The Morgan fingerprint density at radius 3 is 2.20 bits per heavy atom. The van der Waals surface area contributed by atoms with E-state index in [4.69, 9.17) is 0 Å². The van der Waals surface area contributed by atoms with Gasteiger partial charge >= 0.3 is 0 Å². The molecule has 2 atom stereocenters. The summed E-state index contributed by atoms with van der Waals surface area (Å²) in [7, 11) is 4.28. The minimum absolute atomic E-state index is 0.168. The highest BCUT2D eigenvalue weighted by Crippen LogP contribution is 2.09. The molecule has 0 fully saturated rings. The molecule has 0 aromatic heterocycles. The smallest absolute Gasteiger partial charge is 0.123 e. The molecule has 0 aliphatic heterocycles. The lowest BCUT2D eigenvalue weighted by Crippen LogP contribution is -2.42. The lowest BCUT2D eigenvalue weighted by atomic mass is 10.0. The molecule has 0 aliphatic carbocycles. The number of nitrogens with zero attached hydrogens (tertiary/aromatic N) is 1. The van der Waals surface area contributed by atoms with Crippen molar-refractivity contribution in [2.75, 3.05) is 20.6 Å². The summed E-state index contributed by atoms with van der Waals surface area (Å²) >= 11 is 0. The summed E-state index contributed by atoms with van der Waals surface area (Å²) in [5.41, 5.74) is 1.18. The Labute approximate surface area is 123 Å². The number of hydrogen-bond donors (Lipinski definition) is 1. The minimum Gasteiger partial charge on any atom is -0.312 e. The number of rotatable bonds is 8. The van der Waals surface area contributed by atoms with Gasteiger partial charge in [-0.3, -0.25) is 0 Å². The number of hydrogen-bond acceptors (Lipinski definition) is 2. The van der Waals surface area contributed by atoms with E-state index in [0.29, 0.717) is 18.0 Å². The maximum Gasteiger partial charge on any atom is 0.123 e. The normalized spacial score (nSPS) is 14.8. The first kappa shape index (κ1) is 17.1. The van der Waals surface area contributed by atoms with Gasteiger partial charge in [-0.25, -0.2) is 4.39 Å². The van der Waals surface area contributed by atoms with Crippen LogP contribution >= 0.6 is 0 Å². The van der Waals surface area contributed by atoms with E-state index in [1.807, 2.05) is 12.1 Å². The molecule has 0 aliphatic rings. The van der Waals surface area contributed by atoms with Gasteiger partial charge in [-0.15, -0.1) is 0 Å². The molecule has 0 saturated heterocycles. The number of likely N-dealkylation sites (N-methyl/N-ethyl adjacent to an activating group) is 1. The highest BCUT2D eigenvalue weighted by atomic mass is 19.1. The lowest BCUT2D eigenvalue weighted by molar-refractivity contribution is 0.241. The maximum absolute atomic E-state index is 12.9. The van der Waals surface area contributed by atoms with Gasteiger partial charge in [0.15, 0.2) is 0 Å². The molecular weight excluding hydrogens is 251 g/mol. The monoisotopic (exact) mass is 280 g/mol. The van der Waals surface area contributed by atoms with Crippen molar-refractivity contribution in [2.24, 2.45) is 5.92 Å². The highest BCUT2D eigenvalue weighted by Gasteiger charge is 2.14. The number of nitrogens with one attached hydrogen (secondary N) is 1. The average Bonchev–Trinajstić information content (AvgIpc) is 2.36. The molecule has 1 N–H and O–H groups in total. The van der Waals surface area contributed by atoms with Gasteiger partial charge in [-0.05, 0) is 57.5 Å². The van der Waals surface area contributed by atoms with Gasteiger partial charge in [0.05, 0.1) is 0 Å². The van der Waals surface area contributed by atoms with Crippen molar-refractivity contribution in [2.45, 2.75) is 45.7 Å². The first-order valence-electron chi connectivity index (χ1n) is 7.52. The fourth-order valence-electron chi connectivity index (χ4n) is 2.40. The van der Waals surface area contributed by atoms with Crippen LogP contribution in [0.3, 0.4) is 0 Å². The Bertz CT molecular complexity index is 373. The van der Waals surface area contributed by atoms with E-state index in [1.165, 1.54) is 24.1 Å². The average molecular weight is 280 g/mol. The van der Waals surface area contributed by atoms with Gasteiger partial charge in [0.1, 0.15) is 5.82 Å². The van der Waals surface area contributed by atoms with Gasteiger partial charge in [0, 0.05) is 18.6 Å². The molecule has 2 unspecified atom stereocenters. The topological polar surface area (TPSA) is 15.3 Å². The third-order valence-electron chi connectivity index (χ3n) is 3.63. The van der Waals surface area contributed by atoms with Gasteiger partial charge in [-0.1, -0.05) is 26.0 Å². The standard InChI is InChI=1S/C17H29FN2/c1-13(2)10-17(20(4)5)12-19-14(3)11-15-6-8-16(18)9-7-15/h6-9,13-14,17,19H,10-12H2,1-5H3. The molecule has 20 heavy (non-hydrogen) atoms. The SMILES string of the molecule is CC(C)CC(CNC(C)Cc1ccc(F)cc1)N(C)C. The summed E-state index contributed by atoms with van der Waals surface area (Å²) < 4.78 is 12.9. The van der Waals surface area contributed by atoms with Crippen molar-refractivity contribution in [3.8, 4) is 0 Å². The zero-order valence-electron chi connectivity index (χ0n) is 13.5. The molecule has 1 rings (SSSR count). The Morgan fingerprint density at radius 1 is 1.10 bits per heavy atom. The predicted molar refractivity (Wildman–Crippen MR) is 84.5 cm³/mol. The molecule has 3 heteroatoms. The number of halogens is 1. The van der Waals surface area contributed by atoms with E-state index in [1.54, 1.807) is 0 Å². The number of benzene rings is 1. The summed E-state index contributed by atoms with van der Waals surface area (Å²) in [6.45, 7) is 7.70. The van der Waals surface area contributed by atoms with Crippen LogP contribution < -0.4 is 5.32 Å². The molecule has 1 aromatic carbocycles. The first-order chi connectivity index (χ1) is 9.38. The first-order valence-corrected chi connectivity index (χ1v) is 7.52. The molecule has 0 amide bonds. The second-order valence-electron chi connectivity index (χ2n) is 6.39. The van der Waals surface area contributed by atoms with E-state index in [9.17, 15) is 4.39 Å². The van der Waals surface area contributed by atoms with Gasteiger partial charge in [0.25, 0.3) is 0 Å². The molecule has 0 spiro atoms. The van der Waals surface area contributed by atoms with Crippen molar-refractivity contribution in [1.29, 1.82) is 0 Å². The Balaban J connectivity index is 2.41. The van der Waals surface area contributed by atoms with Crippen LogP contribution in [0.2, 0.25) is 0 Å². The van der Waals surface area contributed by atoms with E-state index < -0.39 is 0 Å². The van der Waals surface area contributed by atoms with Crippen molar-refractivity contribution in [3.63, 3.8) is 0 Å². The Hall–Kier alpha value is -0.930. The molecule has 0 heterocycles. The molecule has 0 bridgehead atoms. The van der Waals surface area contributed by atoms with Gasteiger partial charge < -0.3 is 10.2 Å². The Kier molecular flexibility index (Phi) is 7.17. The molecule has 114 valence electrons. The van der Waals surface area contributed by atoms with Crippen LogP contribution in [0.5, 0.6) is 0 Å². The van der Waals surface area contributed by atoms with E-state index in [2.05, 4.69) is 45.1 Å². The van der Waals surface area contributed by atoms with E-state index in [0.717, 1.165) is 13.0 Å². The third-order valence-corrected chi connectivity index (χ3v) is 3.63. The highest BCUT2D eigenvalue weighted by molar-refractivity contribution is 5.16. The minimum atomic E-state index is -0.168. The summed E-state index contributed by atoms with van der Waals surface area (Å²) in [6.07, 6.45) is 2.13. The Morgan fingerprint density at radius 2 is 1.70 bits per heavy atom. The summed E-state index contributed by atoms with van der Waals surface area (Å²) in [5.74, 6) is 0.538. The van der Waals surface area contributed by atoms with Crippen molar-refractivity contribution in [1.82, 2.24) is 10.2 Å². The fourth-order valence-corrected chi connectivity index (χ4v) is 2.40. The zero-order valence-corrected chi connectivity index (χ0v) is 13.5. The van der Waals surface area contributed by atoms with Crippen LogP contribution in [0.25, 0.3) is 0 Å². The zero-order chi connectivity index (χ0) is 15.1. The third kappa shape index (κ3) is 6.49. The van der Waals surface area contributed by atoms with Gasteiger partial charge in [0.2, 0.25) is 0 Å². The van der Waals surface area contributed by atoms with Crippen molar-refractivity contribution < 1.29 is 4.39 Å². The second kappa shape index (κ2) is 8.38. The molecular formula is C17H29FN2. The maximum atomic E-state index is 12.9. The van der Waals surface area contributed by atoms with Crippen molar-refractivity contribution >= 4 is 0 Å². The van der Waals surface area contributed by atoms with E-state index in [-0.39, 0.29) is 5.82 Å². The van der Waals surface area contributed by atoms with E-state index >= 15 is 0 Å². The predicted octanol–water partition coefficient (Wildman–Crippen LogP) is 3.32. The quantitative estimate of drug-likeness (QED) is 0.786. The van der Waals surface area contributed by atoms with Crippen LogP contribution in [-0.2, 0) is 6.42 Å². The van der Waals surface area contributed by atoms with Crippen molar-refractivity contribution in [3.05, 3.63) is 35.6 Å². The summed E-state index contributed by atoms with van der Waals surface area (Å²) in [4.78, 5) is 2.29. The van der Waals surface area contributed by atoms with Crippen LogP contribution in [0.15, 0.2) is 24.3 Å². The van der Waals surface area contributed by atoms with Crippen LogP contribution in [0.4, 0.5) is 4.39 Å². The van der Waals surface area contributed by atoms with Gasteiger partial charge in [-0.2, -0.15) is 0 Å².